The topological polar surface area (TPSA) is 89.9 Å². The third kappa shape index (κ3) is 4.35. The number of carbonyl (C=O) groups excluding carboxylic acids is 1. The quantitative estimate of drug-likeness (QED) is 0.454. The van der Waals surface area contributed by atoms with Crippen LogP contribution in [0.5, 0.6) is 0 Å². The van der Waals surface area contributed by atoms with Gasteiger partial charge in [0.05, 0.1) is 23.6 Å². The Labute approximate surface area is 178 Å². The number of aromatic nitrogens is 5. The van der Waals surface area contributed by atoms with Crippen molar-refractivity contribution in [3.05, 3.63) is 78.1 Å². The summed E-state index contributed by atoms with van der Waals surface area (Å²) in [5.74, 6) is 0.316. The highest BCUT2D eigenvalue weighted by Gasteiger charge is 2.25. The first-order valence-electron chi connectivity index (χ1n) is 9.92. The summed E-state index contributed by atoms with van der Waals surface area (Å²) < 4.78 is 18.4. The second kappa shape index (κ2) is 8.86. The summed E-state index contributed by atoms with van der Waals surface area (Å²) in [6, 6.07) is 12.9. The number of hydrogen-bond donors (Lipinski definition) is 0. The number of likely N-dealkylation sites (N-methyl/N-ethyl adjacent to an activating group) is 1. The molecule has 0 spiro atoms. The SMILES string of the molecule is CCN(C(=O)c1ccccc1-n1nccn1)[C@@H](C)Cc1noc(-c2ccc(F)cc2)n1. The van der Waals surface area contributed by atoms with Crippen molar-refractivity contribution in [1.29, 1.82) is 0 Å². The molecule has 8 nitrogen and oxygen atoms in total. The molecule has 9 heteroatoms. The summed E-state index contributed by atoms with van der Waals surface area (Å²) in [6.45, 7) is 4.36. The summed E-state index contributed by atoms with van der Waals surface area (Å²) in [4.78, 5) is 20.9. The molecule has 1 amide bonds. The molecule has 0 bridgehead atoms. The number of rotatable bonds is 7. The van der Waals surface area contributed by atoms with E-state index in [1.54, 1.807) is 41.6 Å². The average Bonchev–Trinajstić information content (AvgIpc) is 3.47. The Morgan fingerprint density at radius 3 is 2.55 bits per heavy atom. The van der Waals surface area contributed by atoms with Crippen LogP contribution < -0.4 is 0 Å². The van der Waals surface area contributed by atoms with Gasteiger partial charge in [0.1, 0.15) is 5.82 Å². The fourth-order valence-corrected chi connectivity index (χ4v) is 3.40. The van der Waals surface area contributed by atoms with E-state index in [0.29, 0.717) is 41.5 Å². The zero-order valence-electron chi connectivity index (χ0n) is 17.1. The van der Waals surface area contributed by atoms with Gasteiger partial charge < -0.3 is 9.42 Å². The van der Waals surface area contributed by atoms with Gasteiger partial charge in [0.15, 0.2) is 5.82 Å². The Hall–Kier alpha value is -3.88. The second-order valence-electron chi connectivity index (χ2n) is 7.00. The van der Waals surface area contributed by atoms with Crippen LogP contribution in [0.4, 0.5) is 4.39 Å². The Balaban J connectivity index is 1.52. The molecule has 4 aromatic rings. The minimum atomic E-state index is -0.334. The fourth-order valence-electron chi connectivity index (χ4n) is 3.40. The van der Waals surface area contributed by atoms with Gasteiger partial charge in [-0.15, -0.1) is 0 Å². The standard InChI is InChI=1S/C22H21FN6O2/c1-3-28(22(30)18-6-4-5-7-19(18)29-24-12-13-25-29)15(2)14-20-26-21(31-27-20)16-8-10-17(23)11-9-16/h4-13,15H,3,14H2,1-2H3/t15-/m0/s1. The van der Waals surface area contributed by atoms with Crippen LogP contribution in [-0.2, 0) is 6.42 Å². The van der Waals surface area contributed by atoms with Gasteiger partial charge in [-0.05, 0) is 50.2 Å². The lowest BCUT2D eigenvalue weighted by Crippen LogP contribution is -2.40. The van der Waals surface area contributed by atoms with Crippen LogP contribution in [0.25, 0.3) is 17.1 Å². The molecule has 2 aromatic carbocycles. The van der Waals surface area contributed by atoms with Crippen molar-refractivity contribution >= 4 is 5.91 Å². The molecule has 2 heterocycles. The van der Waals surface area contributed by atoms with E-state index in [-0.39, 0.29) is 17.8 Å². The molecule has 0 aliphatic heterocycles. The maximum Gasteiger partial charge on any atom is 0.257 e. The van der Waals surface area contributed by atoms with Gasteiger partial charge >= 0.3 is 0 Å². The summed E-state index contributed by atoms with van der Waals surface area (Å²) >= 11 is 0. The number of para-hydroxylation sites is 1. The third-order valence-corrected chi connectivity index (χ3v) is 4.94. The molecule has 0 saturated carbocycles. The number of halogens is 1. The predicted molar refractivity (Wildman–Crippen MR) is 111 cm³/mol. The molecule has 1 atom stereocenters. The van der Waals surface area contributed by atoms with Gasteiger partial charge in [-0.2, -0.15) is 20.0 Å². The largest absolute Gasteiger partial charge is 0.336 e. The average molecular weight is 420 g/mol. The molecule has 2 aromatic heterocycles. The van der Waals surface area contributed by atoms with Crippen LogP contribution >= 0.6 is 0 Å². The number of hydrogen-bond acceptors (Lipinski definition) is 6. The van der Waals surface area contributed by atoms with Gasteiger partial charge in [-0.25, -0.2) is 4.39 Å². The van der Waals surface area contributed by atoms with E-state index in [2.05, 4.69) is 20.3 Å². The van der Waals surface area contributed by atoms with Gasteiger partial charge in [0.2, 0.25) is 0 Å². The lowest BCUT2D eigenvalue weighted by Gasteiger charge is -2.28. The highest BCUT2D eigenvalue weighted by Crippen LogP contribution is 2.20. The number of amides is 1. The van der Waals surface area contributed by atoms with E-state index < -0.39 is 0 Å². The molecule has 0 N–H and O–H groups in total. The number of benzene rings is 2. The van der Waals surface area contributed by atoms with Crippen LogP contribution in [0.15, 0.2) is 65.4 Å². The van der Waals surface area contributed by atoms with Crippen molar-refractivity contribution in [2.45, 2.75) is 26.3 Å². The van der Waals surface area contributed by atoms with Gasteiger partial charge in [0, 0.05) is 24.6 Å². The van der Waals surface area contributed by atoms with Crippen LogP contribution in [0, 0.1) is 5.82 Å². The summed E-state index contributed by atoms with van der Waals surface area (Å²) in [5, 5.41) is 12.3. The maximum absolute atomic E-state index is 13.3. The minimum absolute atomic E-state index is 0.134. The molecule has 31 heavy (non-hydrogen) atoms. The third-order valence-electron chi connectivity index (χ3n) is 4.94. The normalized spacial score (nSPS) is 12.0. The smallest absolute Gasteiger partial charge is 0.257 e. The van der Waals surface area contributed by atoms with E-state index in [1.165, 1.54) is 16.9 Å². The molecular weight excluding hydrogens is 399 g/mol. The van der Waals surface area contributed by atoms with E-state index in [1.807, 2.05) is 26.0 Å². The van der Waals surface area contributed by atoms with E-state index in [4.69, 9.17) is 4.52 Å². The van der Waals surface area contributed by atoms with E-state index >= 15 is 0 Å². The van der Waals surface area contributed by atoms with Gasteiger partial charge in [0.25, 0.3) is 11.8 Å². The molecule has 0 unspecified atom stereocenters. The maximum atomic E-state index is 13.3. The van der Waals surface area contributed by atoms with Crippen molar-refractivity contribution in [2.75, 3.05) is 6.54 Å². The summed E-state index contributed by atoms with van der Waals surface area (Å²) in [6.07, 6.45) is 3.54. The van der Waals surface area contributed by atoms with Crippen molar-refractivity contribution in [2.24, 2.45) is 0 Å². The van der Waals surface area contributed by atoms with E-state index in [0.717, 1.165) is 0 Å². The Morgan fingerprint density at radius 2 is 1.84 bits per heavy atom. The predicted octanol–water partition coefficient (Wildman–Crippen LogP) is 3.55. The van der Waals surface area contributed by atoms with Crippen LogP contribution in [-0.4, -0.2) is 48.5 Å². The Morgan fingerprint density at radius 1 is 1.13 bits per heavy atom. The Kier molecular flexibility index (Phi) is 5.83. The van der Waals surface area contributed by atoms with Crippen LogP contribution in [0.2, 0.25) is 0 Å². The summed E-state index contributed by atoms with van der Waals surface area (Å²) in [5.41, 5.74) is 1.76. The van der Waals surface area contributed by atoms with Crippen molar-refractivity contribution in [3.63, 3.8) is 0 Å². The molecule has 0 fully saturated rings. The first-order valence-corrected chi connectivity index (χ1v) is 9.92. The highest BCUT2D eigenvalue weighted by molar-refractivity contribution is 5.97. The molecule has 4 rings (SSSR count). The lowest BCUT2D eigenvalue weighted by molar-refractivity contribution is 0.0701. The zero-order valence-corrected chi connectivity index (χ0v) is 17.1. The zero-order chi connectivity index (χ0) is 21.8. The van der Waals surface area contributed by atoms with Crippen molar-refractivity contribution in [1.82, 2.24) is 30.0 Å². The van der Waals surface area contributed by atoms with Gasteiger partial charge in [-0.1, -0.05) is 17.3 Å². The minimum Gasteiger partial charge on any atom is -0.336 e. The molecule has 0 aliphatic rings. The van der Waals surface area contributed by atoms with Gasteiger partial charge in [-0.3, -0.25) is 4.79 Å². The highest BCUT2D eigenvalue weighted by atomic mass is 19.1. The molecule has 158 valence electrons. The molecule has 0 aliphatic carbocycles. The lowest BCUT2D eigenvalue weighted by atomic mass is 10.1. The number of carbonyl (C=O) groups is 1. The van der Waals surface area contributed by atoms with Crippen LogP contribution in [0.1, 0.15) is 30.0 Å². The molecule has 0 radical (unpaired) electrons. The van der Waals surface area contributed by atoms with Crippen LogP contribution in [0.3, 0.4) is 0 Å². The molecule has 0 saturated heterocycles. The first kappa shape index (κ1) is 20.4. The Bertz CT molecular complexity index is 1160. The first-order chi connectivity index (χ1) is 15.1. The van der Waals surface area contributed by atoms with Crippen molar-refractivity contribution < 1.29 is 13.7 Å². The molecular formula is C22H21FN6O2. The van der Waals surface area contributed by atoms with Crippen molar-refractivity contribution in [3.8, 4) is 17.1 Å². The van der Waals surface area contributed by atoms with E-state index in [9.17, 15) is 9.18 Å². The summed E-state index contributed by atoms with van der Waals surface area (Å²) in [7, 11) is 0. The second-order valence-corrected chi connectivity index (χ2v) is 7.00. The fraction of sp³-hybridized carbons (Fsp3) is 0.227. The monoisotopic (exact) mass is 420 g/mol. The number of nitrogens with zero attached hydrogens (tertiary/aromatic N) is 6.